The van der Waals surface area contributed by atoms with Gasteiger partial charge in [-0.2, -0.15) is 5.26 Å². The zero-order chi connectivity index (χ0) is 46.2. The maximum atomic E-state index is 14.6. The molecule has 17 heteroatoms. The van der Waals surface area contributed by atoms with Gasteiger partial charge in [-0.15, -0.1) is 11.3 Å². The SMILES string of the molecule is CCn1c(-c2cccnc2[C@H](C)OC)c2c3cc(ccc31)-c1csc(n1)C[C@H](NC(=O)C(C(C)C)N(C)C(=O)N1CC(C#N)(N(C)C)C1)C(=O)N1CCC[C@H](N1)C(=O)OCC(C)(C)C2. The highest BCUT2D eigenvalue weighted by Crippen LogP contribution is 2.42. The molecule has 2 fully saturated rings. The molecule has 2 N–H and O–H groups in total. The Labute approximate surface area is 379 Å². The number of carbonyl (C=O) groups is 4. The van der Waals surface area contributed by atoms with Gasteiger partial charge in [-0.3, -0.25) is 29.3 Å². The molecule has 16 nitrogen and oxygen atoms in total. The van der Waals surface area contributed by atoms with Crippen LogP contribution in [0.3, 0.4) is 0 Å². The van der Waals surface area contributed by atoms with E-state index in [1.54, 1.807) is 44.2 Å². The fourth-order valence-corrected chi connectivity index (χ4v) is 10.1. The molecule has 6 bridgehead atoms. The normalized spacial score (nSPS) is 20.9. The first-order valence-electron chi connectivity index (χ1n) is 22.2. The minimum atomic E-state index is -1.08. The number of aromatic nitrogens is 3. The molecule has 0 saturated carbocycles. The lowest BCUT2D eigenvalue weighted by atomic mass is 9.84. The Bertz CT molecular complexity index is 2450. The molecule has 7 rings (SSSR count). The first-order chi connectivity index (χ1) is 30.4. The summed E-state index contributed by atoms with van der Waals surface area (Å²) in [6.45, 7) is 13.6. The predicted molar refractivity (Wildman–Crippen MR) is 245 cm³/mol. The van der Waals surface area contributed by atoms with E-state index in [1.807, 2.05) is 32.2 Å². The molecule has 4 amide bonds. The number of esters is 1. The number of nitrogens with one attached hydrogen (secondary N) is 2. The van der Waals surface area contributed by atoms with Gasteiger partial charge < -0.3 is 29.2 Å². The third-order valence-corrected chi connectivity index (χ3v) is 13.9. The van der Waals surface area contributed by atoms with Gasteiger partial charge >= 0.3 is 12.0 Å². The van der Waals surface area contributed by atoms with Crippen molar-refractivity contribution in [2.24, 2.45) is 11.3 Å². The van der Waals surface area contributed by atoms with Crippen LogP contribution in [-0.2, 0) is 43.2 Å². The minimum Gasteiger partial charge on any atom is -0.464 e. The zero-order valence-electron chi connectivity index (χ0n) is 38.7. The van der Waals surface area contributed by atoms with Crippen molar-refractivity contribution >= 4 is 46.1 Å². The van der Waals surface area contributed by atoms with Crippen molar-refractivity contribution in [3.05, 3.63) is 58.2 Å². The highest BCUT2D eigenvalue weighted by molar-refractivity contribution is 7.10. The second-order valence-electron chi connectivity index (χ2n) is 18.7. The number of hydrogen-bond acceptors (Lipinski definition) is 12. The lowest BCUT2D eigenvalue weighted by Gasteiger charge is -2.50. The molecule has 342 valence electrons. The van der Waals surface area contributed by atoms with Crippen molar-refractivity contribution in [3.8, 4) is 28.6 Å². The van der Waals surface area contributed by atoms with Gasteiger partial charge in [-0.05, 0) is 83.0 Å². The Morgan fingerprint density at radius 3 is 2.58 bits per heavy atom. The Morgan fingerprint density at radius 1 is 1.16 bits per heavy atom. The van der Waals surface area contributed by atoms with Gasteiger partial charge in [0.15, 0.2) is 0 Å². The number of aryl methyl sites for hydroxylation is 1. The molecule has 2 saturated heterocycles. The molecule has 3 aromatic heterocycles. The first kappa shape index (κ1) is 46.6. The van der Waals surface area contributed by atoms with E-state index in [1.165, 1.54) is 21.2 Å². The van der Waals surface area contributed by atoms with E-state index in [-0.39, 0.29) is 44.2 Å². The number of likely N-dealkylation sites (tertiary alicyclic amines) is 1. The van der Waals surface area contributed by atoms with Gasteiger partial charge in [0.2, 0.25) is 5.91 Å². The number of amides is 4. The summed E-state index contributed by atoms with van der Waals surface area (Å²) in [5.74, 6) is -1.70. The fourth-order valence-electron chi connectivity index (χ4n) is 9.26. The fraction of sp³-hybridized carbons (Fsp3) is 0.553. The number of fused-ring (bicyclic) bond motifs is 6. The molecule has 64 heavy (non-hydrogen) atoms. The summed E-state index contributed by atoms with van der Waals surface area (Å²) < 4.78 is 14.2. The largest absolute Gasteiger partial charge is 0.464 e. The molecule has 4 atom stereocenters. The van der Waals surface area contributed by atoms with Crippen molar-refractivity contribution < 1.29 is 28.7 Å². The number of ether oxygens (including phenoxy) is 2. The van der Waals surface area contributed by atoms with Crippen LogP contribution < -0.4 is 10.7 Å². The van der Waals surface area contributed by atoms with E-state index in [2.05, 4.69) is 66.4 Å². The molecule has 6 heterocycles. The topological polar surface area (TPSA) is 178 Å². The predicted octanol–water partition coefficient (Wildman–Crippen LogP) is 5.42. The van der Waals surface area contributed by atoms with Crippen molar-refractivity contribution in [1.82, 2.24) is 45.0 Å². The van der Waals surface area contributed by atoms with Gasteiger partial charge in [0, 0.05) is 72.7 Å². The maximum absolute atomic E-state index is 14.6. The van der Waals surface area contributed by atoms with Gasteiger partial charge in [0.25, 0.3) is 5.91 Å². The first-order valence-corrected chi connectivity index (χ1v) is 23.0. The number of urea groups is 1. The lowest BCUT2D eigenvalue weighted by Crippen LogP contribution is -2.71. The van der Waals surface area contributed by atoms with Crippen molar-refractivity contribution in [3.63, 3.8) is 0 Å². The number of thiazole rings is 1. The number of hydrogen-bond donors (Lipinski definition) is 2. The van der Waals surface area contributed by atoms with Crippen LogP contribution >= 0.6 is 11.3 Å². The van der Waals surface area contributed by atoms with Gasteiger partial charge in [0.1, 0.15) is 23.7 Å². The quantitative estimate of drug-likeness (QED) is 0.205. The molecule has 3 aliphatic rings. The Kier molecular flexibility index (Phi) is 13.5. The highest BCUT2D eigenvalue weighted by atomic mass is 32.1. The van der Waals surface area contributed by atoms with Crippen LogP contribution in [0.25, 0.3) is 33.4 Å². The van der Waals surface area contributed by atoms with Crippen molar-refractivity contribution in [2.45, 2.75) is 104 Å². The second kappa shape index (κ2) is 18.6. The van der Waals surface area contributed by atoms with E-state index in [9.17, 15) is 24.4 Å². The summed E-state index contributed by atoms with van der Waals surface area (Å²) >= 11 is 1.40. The zero-order valence-corrected chi connectivity index (χ0v) is 39.5. The van der Waals surface area contributed by atoms with Crippen LogP contribution in [-0.4, -0.2) is 136 Å². The third-order valence-electron chi connectivity index (χ3n) is 13.0. The van der Waals surface area contributed by atoms with E-state index in [0.29, 0.717) is 37.4 Å². The van der Waals surface area contributed by atoms with Crippen LogP contribution in [0.5, 0.6) is 0 Å². The number of nitrogens with zero attached hydrogens (tertiary/aromatic N) is 8. The van der Waals surface area contributed by atoms with E-state index in [4.69, 9.17) is 19.4 Å². The second-order valence-corrected chi connectivity index (χ2v) is 19.7. The summed E-state index contributed by atoms with van der Waals surface area (Å²) in [6.07, 6.45) is 3.19. The maximum Gasteiger partial charge on any atom is 0.324 e. The molecule has 0 spiro atoms. The van der Waals surface area contributed by atoms with Crippen LogP contribution in [0.1, 0.15) is 76.8 Å². The highest BCUT2D eigenvalue weighted by Gasteiger charge is 2.49. The van der Waals surface area contributed by atoms with Crippen LogP contribution in [0.2, 0.25) is 0 Å². The molecule has 4 aromatic rings. The van der Waals surface area contributed by atoms with Crippen molar-refractivity contribution in [1.29, 1.82) is 5.26 Å². The summed E-state index contributed by atoms with van der Waals surface area (Å²) in [5, 5.41) is 17.9. The third kappa shape index (κ3) is 8.97. The molecular formula is C47H62N10O6S. The summed E-state index contributed by atoms with van der Waals surface area (Å²) in [5.41, 5.74) is 8.46. The van der Waals surface area contributed by atoms with Crippen LogP contribution in [0.4, 0.5) is 4.79 Å². The number of cyclic esters (lactones) is 1. The Balaban J connectivity index is 1.27. The van der Waals surface area contributed by atoms with Crippen molar-refractivity contribution in [2.75, 3.05) is 54.5 Å². The average molecular weight is 895 g/mol. The molecule has 0 aliphatic carbocycles. The van der Waals surface area contributed by atoms with E-state index in [0.717, 1.165) is 44.7 Å². The Hall–Kier alpha value is -5.41. The smallest absolute Gasteiger partial charge is 0.324 e. The average Bonchev–Trinajstić information content (AvgIpc) is 3.85. The van der Waals surface area contributed by atoms with E-state index < -0.39 is 46.9 Å². The molecule has 1 aromatic carbocycles. The standard InChI is InChI=1S/C47H62N10O6S/c1-11-56-37-17-16-30-20-32(37)33(41(56)31-14-12-18-49-39(31)29(4)62-10)22-46(5,6)27-63-44(60)34-15-13-19-57(52-34)43(59)35(21-38-50-36(30)23-64-38)51-42(58)40(28(2)3)54(9)45(61)55-25-47(24-48,26-55)53(7)8/h12,14,16-18,20,23,28-29,34-35,40,52H,11,13,15,19,21-22,25-27H2,1-10H3,(H,51,58)/t29-,34-,35-,40?/m0/s1. The van der Waals surface area contributed by atoms with Gasteiger partial charge in [-0.25, -0.2) is 15.2 Å². The number of nitriles is 1. The van der Waals surface area contributed by atoms with Crippen LogP contribution in [0, 0.1) is 22.7 Å². The Morgan fingerprint density at radius 2 is 1.91 bits per heavy atom. The minimum absolute atomic E-state index is 0.0736. The van der Waals surface area contributed by atoms with E-state index >= 15 is 0 Å². The number of hydrazine groups is 1. The number of methoxy groups -OCH3 is 1. The summed E-state index contributed by atoms with van der Waals surface area (Å²) in [7, 11) is 6.87. The number of rotatable bonds is 9. The molecule has 3 aliphatic heterocycles. The number of benzene rings is 1. The van der Waals surface area contributed by atoms with Crippen LogP contribution in [0.15, 0.2) is 41.9 Å². The summed E-state index contributed by atoms with van der Waals surface area (Å²) in [4.78, 5) is 71.2. The number of carbonyl (C=O) groups excluding carboxylic acids is 4. The lowest BCUT2D eigenvalue weighted by molar-refractivity contribution is -0.155. The molecule has 1 unspecified atom stereocenters. The van der Waals surface area contributed by atoms with Gasteiger partial charge in [0.05, 0.1) is 54.0 Å². The monoisotopic (exact) mass is 894 g/mol. The molecular weight excluding hydrogens is 833 g/mol. The summed E-state index contributed by atoms with van der Waals surface area (Å²) in [6, 6.07) is 9.53. The number of likely N-dealkylation sites (N-methyl/N-ethyl adjacent to an activating group) is 2. The van der Waals surface area contributed by atoms with Gasteiger partial charge in [-0.1, -0.05) is 33.8 Å². The number of pyridine rings is 1. The molecule has 0 radical (unpaired) electrons.